The van der Waals surface area contributed by atoms with Crippen molar-refractivity contribution in [2.45, 2.75) is 0 Å². The molecule has 7 heavy (non-hydrogen) atoms. The number of rotatable bonds is 0. The summed E-state index contributed by atoms with van der Waals surface area (Å²) in [6.07, 6.45) is 0. The molecule has 0 unspecified atom stereocenters. The lowest BCUT2D eigenvalue weighted by atomic mass is 10.6. The molecule has 0 spiro atoms. The monoisotopic (exact) mass is 225 g/mol. The summed E-state index contributed by atoms with van der Waals surface area (Å²) in [4.78, 5) is 0. The van der Waals surface area contributed by atoms with Crippen molar-refractivity contribution in [3.63, 3.8) is 0 Å². The maximum atomic E-state index is 5.39. The van der Waals surface area contributed by atoms with Crippen molar-refractivity contribution < 1.29 is 0 Å². The van der Waals surface area contributed by atoms with Crippen LogP contribution in [0, 0.1) is 3.57 Å². The molecule has 0 atom stereocenters. The van der Waals surface area contributed by atoms with Crippen molar-refractivity contribution in [3.8, 4) is 0 Å². The molecule has 1 rings (SSSR count). The number of nitrogen functional groups attached to an aromatic ring is 1. The van der Waals surface area contributed by atoms with Gasteiger partial charge in [0.15, 0.2) is 0 Å². The molecule has 0 aliphatic heterocycles. The smallest absolute Gasteiger partial charge is 0.0867 e. The molecule has 0 radical (unpaired) electrons. The Balaban J connectivity index is 3.04. The van der Waals surface area contributed by atoms with Crippen LogP contribution in [0.1, 0.15) is 0 Å². The molecule has 0 aliphatic rings. The van der Waals surface area contributed by atoms with E-state index in [4.69, 9.17) is 5.73 Å². The summed E-state index contributed by atoms with van der Waals surface area (Å²) in [5.41, 5.74) is 5.39. The molecule has 0 aliphatic carbocycles. The fraction of sp³-hybridized carbons (Fsp3) is 0. The number of nitrogens with two attached hydrogens (primary N) is 1. The lowest BCUT2D eigenvalue weighted by Gasteiger charge is -1.70. The van der Waals surface area contributed by atoms with E-state index in [2.05, 4.69) is 22.6 Å². The molecule has 0 saturated heterocycles. The first-order chi connectivity index (χ1) is 3.29. The van der Waals surface area contributed by atoms with Crippen LogP contribution in [0.3, 0.4) is 0 Å². The van der Waals surface area contributed by atoms with Gasteiger partial charge in [-0.05, 0) is 28.7 Å². The van der Waals surface area contributed by atoms with E-state index in [0.717, 1.165) is 5.00 Å². The first-order valence-electron chi connectivity index (χ1n) is 1.78. The van der Waals surface area contributed by atoms with Crippen LogP contribution in [-0.2, 0) is 0 Å². The zero-order valence-electron chi connectivity index (χ0n) is 3.52. The van der Waals surface area contributed by atoms with Crippen LogP contribution in [0.2, 0.25) is 0 Å². The van der Waals surface area contributed by atoms with Crippen molar-refractivity contribution in [3.05, 3.63) is 15.0 Å². The summed E-state index contributed by atoms with van der Waals surface area (Å²) in [6, 6.07) is 1.95. The molecular formula is C4H4INS. The third kappa shape index (κ3) is 1.31. The molecule has 2 N–H and O–H groups in total. The highest BCUT2D eigenvalue weighted by molar-refractivity contribution is 14.1. The number of hydrogen-bond acceptors (Lipinski definition) is 2. The summed E-state index contributed by atoms with van der Waals surface area (Å²) < 4.78 is 1.22. The van der Waals surface area contributed by atoms with Gasteiger partial charge in [0.25, 0.3) is 0 Å². The van der Waals surface area contributed by atoms with Gasteiger partial charge in [-0.15, -0.1) is 11.3 Å². The molecule has 0 amide bonds. The molecule has 1 nitrogen and oxygen atoms in total. The second-order valence-electron chi connectivity index (χ2n) is 1.17. The lowest BCUT2D eigenvalue weighted by Crippen LogP contribution is -1.73. The van der Waals surface area contributed by atoms with E-state index in [-0.39, 0.29) is 0 Å². The van der Waals surface area contributed by atoms with Crippen LogP contribution in [0.4, 0.5) is 5.00 Å². The van der Waals surface area contributed by atoms with Crippen molar-refractivity contribution in [2.24, 2.45) is 0 Å². The van der Waals surface area contributed by atoms with Crippen LogP contribution >= 0.6 is 33.9 Å². The van der Waals surface area contributed by atoms with Crippen molar-refractivity contribution >= 4 is 38.9 Å². The van der Waals surface area contributed by atoms with Gasteiger partial charge in [-0.2, -0.15) is 0 Å². The van der Waals surface area contributed by atoms with Crippen LogP contribution in [-0.4, -0.2) is 0 Å². The Morgan fingerprint density at radius 2 is 2.43 bits per heavy atom. The van der Waals surface area contributed by atoms with Crippen LogP contribution < -0.4 is 5.73 Å². The maximum Gasteiger partial charge on any atom is 0.0867 e. The van der Waals surface area contributed by atoms with Crippen LogP contribution in [0.15, 0.2) is 11.4 Å². The summed E-state index contributed by atoms with van der Waals surface area (Å²) in [6.45, 7) is 0. The Kier molecular flexibility index (Phi) is 1.53. The average Bonchev–Trinajstić information content (AvgIpc) is 1.87. The highest BCUT2D eigenvalue weighted by atomic mass is 127. The molecular weight excluding hydrogens is 221 g/mol. The van der Waals surface area contributed by atoms with Crippen LogP contribution in [0.5, 0.6) is 0 Å². The normalized spacial score (nSPS) is 9.29. The molecule has 0 saturated carbocycles. The zero-order chi connectivity index (χ0) is 5.28. The van der Waals surface area contributed by atoms with Crippen LogP contribution in [0.25, 0.3) is 0 Å². The Labute approximate surface area is 59.7 Å². The predicted molar refractivity (Wildman–Crippen MR) is 41.4 cm³/mol. The average molecular weight is 225 g/mol. The number of thiophene rings is 1. The summed E-state index contributed by atoms with van der Waals surface area (Å²) in [5, 5.41) is 2.92. The van der Waals surface area contributed by atoms with Gasteiger partial charge in [0, 0.05) is 8.95 Å². The van der Waals surface area contributed by atoms with E-state index >= 15 is 0 Å². The largest absolute Gasteiger partial charge is 0.391 e. The third-order valence-corrected chi connectivity index (χ3v) is 2.39. The van der Waals surface area contributed by atoms with Gasteiger partial charge in [0.05, 0.1) is 5.00 Å². The molecule has 1 aromatic rings. The number of halogens is 1. The summed E-state index contributed by atoms with van der Waals surface area (Å²) in [7, 11) is 0. The molecule has 0 aromatic carbocycles. The molecule has 1 aromatic heterocycles. The van der Waals surface area contributed by atoms with Crippen molar-refractivity contribution in [2.75, 3.05) is 5.73 Å². The van der Waals surface area contributed by atoms with E-state index in [1.807, 2.05) is 11.4 Å². The second kappa shape index (κ2) is 2.00. The molecule has 0 bridgehead atoms. The highest BCUT2D eigenvalue weighted by Gasteiger charge is 1.86. The quantitative estimate of drug-likeness (QED) is 0.671. The van der Waals surface area contributed by atoms with E-state index in [1.165, 1.54) is 3.57 Å². The predicted octanol–water partition coefficient (Wildman–Crippen LogP) is 1.93. The van der Waals surface area contributed by atoms with Gasteiger partial charge in [-0.3, -0.25) is 0 Å². The second-order valence-corrected chi connectivity index (χ2v) is 3.36. The first-order valence-corrected chi connectivity index (χ1v) is 3.74. The minimum absolute atomic E-state index is 0.893. The topological polar surface area (TPSA) is 26.0 Å². The number of anilines is 1. The minimum atomic E-state index is 0.893. The zero-order valence-corrected chi connectivity index (χ0v) is 6.49. The Bertz CT molecular complexity index is 144. The first kappa shape index (κ1) is 5.37. The Hall–Kier alpha value is 0.230. The van der Waals surface area contributed by atoms with Gasteiger partial charge in [-0.25, -0.2) is 0 Å². The van der Waals surface area contributed by atoms with Gasteiger partial charge in [0.2, 0.25) is 0 Å². The third-order valence-electron chi connectivity index (χ3n) is 0.588. The standard InChI is InChI=1S/C4H4INS/c5-3-1-4(6)7-2-3/h1-2H,6H2. The maximum absolute atomic E-state index is 5.39. The van der Waals surface area contributed by atoms with Gasteiger partial charge >= 0.3 is 0 Å². The fourth-order valence-electron chi connectivity index (χ4n) is 0.328. The SMILES string of the molecule is Nc1cc(I)cs1. The Morgan fingerprint density at radius 1 is 1.71 bits per heavy atom. The van der Waals surface area contributed by atoms with E-state index in [1.54, 1.807) is 11.3 Å². The highest BCUT2D eigenvalue weighted by Crippen LogP contribution is 2.17. The molecule has 3 heteroatoms. The van der Waals surface area contributed by atoms with E-state index in [9.17, 15) is 0 Å². The molecule has 38 valence electrons. The van der Waals surface area contributed by atoms with Gasteiger partial charge < -0.3 is 5.73 Å². The van der Waals surface area contributed by atoms with Gasteiger partial charge in [-0.1, -0.05) is 0 Å². The minimum Gasteiger partial charge on any atom is -0.391 e. The van der Waals surface area contributed by atoms with E-state index in [0.29, 0.717) is 0 Å². The molecule has 1 heterocycles. The molecule has 0 fully saturated rings. The van der Waals surface area contributed by atoms with E-state index < -0.39 is 0 Å². The van der Waals surface area contributed by atoms with Crippen molar-refractivity contribution in [1.29, 1.82) is 0 Å². The summed E-state index contributed by atoms with van der Waals surface area (Å²) in [5.74, 6) is 0. The van der Waals surface area contributed by atoms with Crippen molar-refractivity contribution in [1.82, 2.24) is 0 Å². The Morgan fingerprint density at radius 3 is 2.57 bits per heavy atom. The van der Waals surface area contributed by atoms with Gasteiger partial charge in [0.1, 0.15) is 0 Å². The summed E-state index contributed by atoms with van der Waals surface area (Å²) >= 11 is 3.81. The number of hydrogen-bond donors (Lipinski definition) is 1. The fourth-order valence-corrected chi connectivity index (χ4v) is 1.77. The lowest BCUT2D eigenvalue weighted by molar-refractivity contribution is 1.86.